The van der Waals surface area contributed by atoms with Crippen LogP contribution in [0.1, 0.15) is 15.2 Å². The van der Waals surface area contributed by atoms with Gasteiger partial charge < -0.3 is 10.8 Å². The van der Waals surface area contributed by atoms with Crippen molar-refractivity contribution in [1.82, 2.24) is 0 Å². The van der Waals surface area contributed by atoms with Crippen molar-refractivity contribution in [2.24, 2.45) is 0 Å². The Morgan fingerprint density at radius 3 is 2.72 bits per heavy atom. The summed E-state index contributed by atoms with van der Waals surface area (Å²) in [5.41, 5.74) is 7.10. The number of nitrogen functional groups attached to an aromatic ring is 1. The van der Waals surface area contributed by atoms with Crippen molar-refractivity contribution in [3.63, 3.8) is 0 Å². The van der Waals surface area contributed by atoms with Gasteiger partial charge in [0.05, 0.1) is 10.6 Å². The van der Waals surface area contributed by atoms with Gasteiger partial charge >= 0.3 is 5.97 Å². The molecule has 0 saturated carbocycles. The van der Waals surface area contributed by atoms with E-state index in [1.165, 1.54) is 20.7 Å². The predicted molar refractivity (Wildman–Crippen MR) is 79.1 cm³/mol. The molecule has 3 aromatic rings. The number of carbonyl (C=O) groups is 1. The standard InChI is InChI=1S/C12H9NO2S3/c1-5-9(13)11(12(14)15)18-10(5)8-4-7-6(17-8)2-3-16-7/h2-4H,13H2,1H3,(H,14,15). The number of rotatable bonds is 2. The van der Waals surface area contributed by atoms with Crippen LogP contribution >= 0.6 is 34.0 Å². The first-order chi connectivity index (χ1) is 8.58. The van der Waals surface area contributed by atoms with Crippen LogP contribution in [0.5, 0.6) is 0 Å². The third kappa shape index (κ3) is 1.65. The number of nitrogens with two attached hydrogens (primary N) is 1. The van der Waals surface area contributed by atoms with Crippen LogP contribution < -0.4 is 5.73 Å². The highest BCUT2D eigenvalue weighted by Crippen LogP contribution is 2.43. The van der Waals surface area contributed by atoms with Gasteiger partial charge in [-0.25, -0.2) is 4.79 Å². The lowest BCUT2D eigenvalue weighted by atomic mass is 10.2. The molecule has 0 aliphatic heterocycles. The summed E-state index contributed by atoms with van der Waals surface area (Å²) in [6.45, 7) is 1.88. The summed E-state index contributed by atoms with van der Waals surface area (Å²) < 4.78 is 2.47. The molecule has 0 aromatic carbocycles. The van der Waals surface area contributed by atoms with Crippen LogP contribution in [0, 0.1) is 6.92 Å². The molecule has 0 spiro atoms. The molecule has 0 aliphatic rings. The average Bonchev–Trinajstić information content (AvgIpc) is 2.93. The maximum Gasteiger partial charge on any atom is 0.348 e. The van der Waals surface area contributed by atoms with Crippen molar-refractivity contribution in [1.29, 1.82) is 0 Å². The first-order valence-corrected chi connectivity index (χ1v) is 7.68. The van der Waals surface area contributed by atoms with E-state index in [0.717, 1.165) is 15.3 Å². The summed E-state index contributed by atoms with van der Waals surface area (Å²) in [5.74, 6) is -0.954. The molecule has 0 unspecified atom stereocenters. The van der Waals surface area contributed by atoms with Crippen LogP contribution in [-0.2, 0) is 0 Å². The van der Waals surface area contributed by atoms with Crippen molar-refractivity contribution in [2.75, 3.05) is 5.73 Å². The highest BCUT2D eigenvalue weighted by Gasteiger charge is 2.20. The minimum Gasteiger partial charge on any atom is -0.477 e. The Morgan fingerprint density at radius 1 is 1.33 bits per heavy atom. The van der Waals surface area contributed by atoms with E-state index in [1.54, 1.807) is 22.7 Å². The molecular formula is C12H9NO2S3. The number of hydrogen-bond acceptors (Lipinski definition) is 5. The SMILES string of the molecule is Cc1c(-c2cc3sccc3s2)sc(C(=O)O)c1N. The van der Waals surface area contributed by atoms with Crippen molar-refractivity contribution in [3.8, 4) is 9.75 Å². The normalized spacial score (nSPS) is 11.2. The van der Waals surface area contributed by atoms with Gasteiger partial charge in [-0.05, 0) is 30.0 Å². The molecule has 3 aromatic heterocycles. The molecule has 3 heterocycles. The fourth-order valence-corrected chi connectivity index (χ4v) is 5.13. The molecule has 0 aliphatic carbocycles. The topological polar surface area (TPSA) is 63.3 Å². The van der Waals surface area contributed by atoms with Crippen LogP contribution in [0.25, 0.3) is 19.2 Å². The van der Waals surface area contributed by atoms with Crippen LogP contribution in [0.4, 0.5) is 5.69 Å². The summed E-state index contributed by atoms with van der Waals surface area (Å²) in [7, 11) is 0. The first-order valence-electron chi connectivity index (χ1n) is 5.17. The summed E-state index contributed by atoms with van der Waals surface area (Å²) in [6.07, 6.45) is 0. The van der Waals surface area contributed by atoms with E-state index < -0.39 is 5.97 Å². The smallest absolute Gasteiger partial charge is 0.348 e. The van der Waals surface area contributed by atoms with Gasteiger partial charge in [0.25, 0.3) is 0 Å². The third-order valence-electron chi connectivity index (χ3n) is 2.75. The fraction of sp³-hybridized carbons (Fsp3) is 0.0833. The zero-order valence-electron chi connectivity index (χ0n) is 9.39. The summed E-state index contributed by atoms with van der Waals surface area (Å²) in [6, 6.07) is 4.19. The predicted octanol–water partition coefficient (Wildman–Crippen LogP) is 4.28. The number of hydrogen-bond donors (Lipinski definition) is 2. The first kappa shape index (κ1) is 11.7. The Labute approximate surface area is 115 Å². The van der Waals surface area contributed by atoms with Crippen molar-refractivity contribution in [2.45, 2.75) is 6.92 Å². The lowest BCUT2D eigenvalue weighted by Gasteiger charge is -1.94. The fourth-order valence-electron chi connectivity index (χ4n) is 1.80. The molecule has 18 heavy (non-hydrogen) atoms. The molecule has 3 N–H and O–H groups in total. The number of aromatic carboxylic acids is 1. The van der Waals surface area contributed by atoms with Crippen molar-refractivity contribution in [3.05, 3.63) is 28.0 Å². The molecule has 0 radical (unpaired) electrons. The molecule has 3 nitrogen and oxygen atoms in total. The average molecular weight is 295 g/mol. The van der Waals surface area contributed by atoms with E-state index in [4.69, 9.17) is 10.8 Å². The Bertz CT molecular complexity index is 722. The van der Waals surface area contributed by atoms with Gasteiger partial charge in [-0.1, -0.05) is 0 Å². The second-order valence-electron chi connectivity index (χ2n) is 3.86. The summed E-state index contributed by atoms with van der Waals surface area (Å²) in [5, 5.41) is 11.1. The van der Waals surface area contributed by atoms with Crippen LogP contribution in [0.15, 0.2) is 17.5 Å². The minimum atomic E-state index is -0.954. The Kier molecular flexibility index (Phi) is 2.65. The van der Waals surface area contributed by atoms with E-state index in [2.05, 4.69) is 17.5 Å². The minimum absolute atomic E-state index is 0.235. The van der Waals surface area contributed by atoms with E-state index in [1.807, 2.05) is 6.92 Å². The number of thiophene rings is 3. The van der Waals surface area contributed by atoms with E-state index in [9.17, 15) is 4.79 Å². The molecular weight excluding hydrogens is 286 g/mol. The Morgan fingerprint density at radius 2 is 2.11 bits per heavy atom. The Balaban J connectivity index is 2.20. The van der Waals surface area contributed by atoms with Crippen LogP contribution in [-0.4, -0.2) is 11.1 Å². The second-order valence-corrected chi connectivity index (χ2v) is 6.92. The lowest BCUT2D eigenvalue weighted by molar-refractivity contribution is 0.0703. The molecule has 0 atom stereocenters. The third-order valence-corrected chi connectivity index (χ3v) is 6.32. The number of carboxylic acids is 1. The molecule has 0 bridgehead atoms. The van der Waals surface area contributed by atoms with E-state index in [0.29, 0.717) is 5.69 Å². The molecule has 3 rings (SSSR count). The highest BCUT2D eigenvalue weighted by molar-refractivity contribution is 7.31. The van der Waals surface area contributed by atoms with E-state index >= 15 is 0 Å². The molecule has 6 heteroatoms. The molecule has 0 fully saturated rings. The van der Waals surface area contributed by atoms with Gasteiger partial charge in [0.2, 0.25) is 0 Å². The van der Waals surface area contributed by atoms with Crippen LogP contribution in [0.3, 0.4) is 0 Å². The molecule has 0 saturated heterocycles. The lowest BCUT2D eigenvalue weighted by Crippen LogP contribution is -1.97. The van der Waals surface area contributed by atoms with Gasteiger partial charge in [0.15, 0.2) is 0 Å². The quantitative estimate of drug-likeness (QED) is 0.741. The Hall–Kier alpha value is -1.37. The maximum atomic E-state index is 11.1. The van der Waals surface area contributed by atoms with Crippen LogP contribution in [0.2, 0.25) is 0 Å². The monoisotopic (exact) mass is 295 g/mol. The number of fused-ring (bicyclic) bond motifs is 1. The van der Waals surface area contributed by atoms with E-state index in [-0.39, 0.29) is 4.88 Å². The number of carboxylic acid groups (broad SMARTS) is 1. The largest absolute Gasteiger partial charge is 0.477 e. The van der Waals surface area contributed by atoms with Gasteiger partial charge in [-0.15, -0.1) is 34.0 Å². The van der Waals surface area contributed by atoms with Gasteiger partial charge in [0, 0.05) is 14.3 Å². The number of anilines is 1. The van der Waals surface area contributed by atoms with Gasteiger partial charge in [0.1, 0.15) is 4.88 Å². The molecule has 0 amide bonds. The van der Waals surface area contributed by atoms with Gasteiger partial charge in [-0.3, -0.25) is 0 Å². The zero-order valence-corrected chi connectivity index (χ0v) is 11.8. The summed E-state index contributed by atoms with van der Waals surface area (Å²) in [4.78, 5) is 13.4. The molecule has 92 valence electrons. The highest BCUT2D eigenvalue weighted by atomic mass is 32.1. The van der Waals surface area contributed by atoms with Gasteiger partial charge in [-0.2, -0.15) is 0 Å². The zero-order chi connectivity index (χ0) is 12.9. The summed E-state index contributed by atoms with van der Waals surface area (Å²) >= 11 is 4.63. The maximum absolute atomic E-state index is 11.1. The van der Waals surface area contributed by atoms with Crippen molar-refractivity contribution < 1.29 is 9.90 Å². The van der Waals surface area contributed by atoms with Crippen molar-refractivity contribution >= 4 is 55.1 Å². The second kappa shape index (κ2) is 4.08.